The van der Waals surface area contributed by atoms with Gasteiger partial charge in [-0.25, -0.2) is 0 Å². The van der Waals surface area contributed by atoms with E-state index in [-0.39, 0.29) is 24.1 Å². The van der Waals surface area contributed by atoms with Crippen LogP contribution in [0.5, 0.6) is 11.5 Å². The van der Waals surface area contributed by atoms with Crippen molar-refractivity contribution in [2.45, 2.75) is 13.0 Å². The Morgan fingerprint density at radius 2 is 2.22 bits per heavy atom. The van der Waals surface area contributed by atoms with Gasteiger partial charge in [-0.2, -0.15) is 0 Å². The van der Waals surface area contributed by atoms with Crippen LogP contribution in [0, 0.1) is 10.1 Å². The van der Waals surface area contributed by atoms with Gasteiger partial charge in [0.05, 0.1) is 30.4 Å². The maximum Gasteiger partial charge on any atom is 0.314 e. The van der Waals surface area contributed by atoms with E-state index in [2.05, 4.69) is 5.32 Å². The van der Waals surface area contributed by atoms with Gasteiger partial charge in [0, 0.05) is 0 Å². The second-order valence-corrected chi connectivity index (χ2v) is 4.68. The molecule has 0 aliphatic heterocycles. The van der Waals surface area contributed by atoms with E-state index in [4.69, 9.17) is 13.9 Å². The highest BCUT2D eigenvalue weighted by Gasteiger charge is 2.18. The van der Waals surface area contributed by atoms with Gasteiger partial charge in [-0.3, -0.25) is 14.9 Å². The van der Waals surface area contributed by atoms with Crippen molar-refractivity contribution >= 4 is 11.6 Å². The van der Waals surface area contributed by atoms with Crippen molar-refractivity contribution in [3.05, 3.63) is 52.5 Å². The minimum absolute atomic E-state index is 0.00315. The summed E-state index contributed by atoms with van der Waals surface area (Å²) in [5.74, 6) is 0.518. The number of methoxy groups -OCH3 is 1. The Morgan fingerprint density at radius 3 is 2.83 bits per heavy atom. The highest BCUT2D eigenvalue weighted by molar-refractivity contribution is 5.78. The van der Waals surface area contributed by atoms with Crippen molar-refractivity contribution in [1.29, 1.82) is 0 Å². The second kappa shape index (κ2) is 7.30. The van der Waals surface area contributed by atoms with E-state index >= 15 is 0 Å². The molecule has 0 saturated carbocycles. The number of ether oxygens (including phenoxy) is 2. The molecular weight excluding hydrogens is 304 g/mol. The summed E-state index contributed by atoms with van der Waals surface area (Å²) in [4.78, 5) is 22.3. The molecule has 0 spiro atoms. The van der Waals surface area contributed by atoms with Crippen LogP contribution < -0.4 is 14.8 Å². The molecule has 0 aliphatic rings. The van der Waals surface area contributed by atoms with Gasteiger partial charge in [0.15, 0.2) is 12.4 Å². The number of amides is 1. The number of benzene rings is 1. The summed E-state index contributed by atoms with van der Waals surface area (Å²) in [5.41, 5.74) is -0.267. The molecule has 0 unspecified atom stereocenters. The van der Waals surface area contributed by atoms with Crippen molar-refractivity contribution < 1.29 is 23.6 Å². The van der Waals surface area contributed by atoms with Gasteiger partial charge in [-0.1, -0.05) is 0 Å². The average Bonchev–Trinajstić information content (AvgIpc) is 3.07. The number of nitro benzene ring substituents is 1. The second-order valence-electron chi connectivity index (χ2n) is 4.68. The van der Waals surface area contributed by atoms with Crippen LogP contribution in [0.2, 0.25) is 0 Å². The molecule has 1 heterocycles. The zero-order valence-corrected chi connectivity index (χ0v) is 12.6. The van der Waals surface area contributed by atoms with Gasteiger partial charge in [-0.15, -0.1) is 0 Å². The van der Waals surface area contributed by atoms with Gasteiger partial charge < -0.3 is 19.2 Å². The molecule has 0 radical (unpaired) electrons. The Hall–Kier alpha value is -3.03. The number of rotatable bonds is 7. The molecule has 8 nitrogen and oxygen atoms in total. The van der Waals surface area contributed by atoms with Crippen LogP contribution in [-0.2, 0) is 4.79 Å². The van der Waals surface area contributed by atoms with Crippen molar-refractivity contribution in [3.63, 3.8) is 0 Å². The fourth-order valence-corrected chi connectivity index (χ4v) is 1.92. The molecule has 8 heteroatoms. The summed E-state index contributed by atoms with van der Waals surface area (Å²) in [6.07, 6.45) is 1.51. The maximum absolute atomic E-state index is 11.9. The van der Waals surface area contributed by atoms with Crippen molar-refractivity contribution in [2.24, 2.45) is 0 Å². The first-order valence-electron chi connectivity index (χ1n) is 6.79. The molecule has 1 aromatic heterocycles. The minimum atomic E-state index is -0.596. The lowest BCUT2D eigenvalue weighted by Gasteiger charge is -2.12. The lowest BCUT2D eigenvalue weighted by atomic mass is 10.2. The summed E-state index contributed by atoms with van der Waals surface area (Å²) < 4.78 is 15.3. The lowest BCUT2D eigenvalue weighted by molar-refractivity contribution is -0.385. The van der Waals surface area contributed by atoms with Gasteiger partial charge in [-0.05, 0) is 31.2 Å². The largest absolute Gasteiger partial charge is 0.496 e. The summed E-state index contributed by atoms with van der Waals surface area (Å²) in [6.45, 7) is 1.41. The quantitative estimate of drug-likeness (QED) is 0.621. The monoisotopic (exact) mass is 320 g/mol. The molecule has 23 heavy (non-hydrogen) atoms. The number of furan rings is 1. The predicted octanol–water partition coefficient (Wildman–Crippen LogP) is 2.45. The first-order chi connectivity index (χ1) is 11.0. The van der Waals surface area contributed by atoms with E-state index in [0.717, 1.165) is 0 Å². The summed E-state index contributed by atoms with van der Waals surface area (Å²) in [7, 11) is 1.41. The SMILES string of the molecule is COc1ccc(OCC(=O)N[C@H](C)c2ccco2)c([N+](=O)[O-])c1. The molecule has 1 N–H and O–H groups in total. The Bertz CT molecular complexity index is 683. The van der Waals surface area contributed by atoms with Crippen LogP contribution in [0.15, 0.2) is 41.0 Å². The van der Waals surface area contributed by atoms with E-state index in [0.29, 0.717) is 11.5 Å². The molecule has 0 fully saturated rings. The van der Waals surface area contributed by atoms with Crippen LogP contribution in [0.1, 0.15) is 18.7 Å². The third-order valence-electron chi connectivity index (χ3n) is 3.07. The molecular formula is C15H16N2O6. The third kappa shape index (κ3) is 4.22. The summed E-state index contributed by atoms with van der Waals surface area (Å²) >= 11 is 0. The molecule has 2 rings (SSSR count). The average molecular weight is 320 g/mol. The molecule has 0 saturated heterocycles. The third-order valence-corrected chi connectivity index (χ3v) is 3.07. The number of nitro groups is 1. The molecule has 1 amide bonds. The standard InChI is InChI=1S/C15H16N2O6/c1-10(13-4-3-7-22-13)16-15(18)9-23-14-6-5-11(21-2)8-12(14)17(19)20/h3-8,10H,9H2,1-2H3,(H,16,18)/t10-/m1/s1. The number of nitrogens with one attached hydrogen (secondary N) is 1. The number of hydrogen-bond donors (Lipinski definition) is 1. The molecule has 2 aromatic rings. The van der Waals surface area contributed by atoms with Crippen LogP contribution in [0.4, 0.5) is 5.69 Å². The fourth-order valence-electron chi connectivity index (χ4n) is 1.92. The first kappa shape index (κ1) is 16.3. The fraction of sp³-hybridized carbons (Fsp3) is 0.267. The van der Waals surface area contributed by atoms with Crippen molar-refractivity contribution in [1.82, 2.24) is 5.32 Å². The Balaban J connectivity index is 1.97. The zero-order valence-electron chi connectivity index (χ0n) is 12.6. The zero-order chi connectivity index (χ0) is 16.8. The number of carbonyl (C=O) groups is 1. The van der Waals surface area contributed by atoms with Gasteiger partial charge in [0.1, 0.15) is 11.5 Å². The Morgan fingerprint density at radius 1 is 1.43 bits per heavy atom. The summed E-state index contributed by atoms with van der Waals surface area (Å²) in [6, 6.07) is 7.27. The normalized spacial score (nSPS) is 11.6. The van der Waals surface area contributed by atoms with Crippen LogP contribution in [0.25, 0.3) is 0 Å². The highest BCUT2D eigenvalue weighted by atomic mass is 16.6. The molecule has 1 aromatic carbocycles. The smallest absolute Gasteiger partial charge is 0.314 e. The molecule has 0 aliphatic carbocycles. The predicted molar refractivity (Wildman–Crippen MR) is 80.4 cm³/mol. The van der Waals surface area contributed by atoms with Crippen LogP contribution >= 0.6 is 0 Å². The van der Waals surface area contributed by atoms with Gasteiger partial charge in [0.25, 0.3) is 5.91 Å². The Kier molecular flexibility index (Phi) is 5.19. The lowest BCUT2D eigenvalue weighted by Crippen LogP contribution is -2.31. The van der Waals surface area contributed by atoms with E-state index in [1.807, 2.05) is 0 Å². The first-order valence-corrected chi connectivity index (χ1v) is 6.79. The van der Waals surface area contributed by atoms with E-state index in [9.17, 15) is 14.9 Å². The van der Waals surface area contributed by atoms with Crippen LogP contribution in [-0.4, -0.2) is 24.5 Å². The van der Waals surface area contributed by atoms with E-state index in [1.165, 1.54) is 31.6 Å². The van der Waals surface area contributed by atoms with Crippen molar-refractivity contribution in [2.75, 3.05) is 13.7 Å². The van der Waals surface area contributed by atoms with E-state index in [1.54, 1.807) is 19.1 Å². The van der Waals surface area contributed by atoms with Crippen molar-refractivity contribution in [3.8, 4) is 11.5 Å². The van der Waals surface area contributed by atoms with Crippen LogP contribution in [0.3, 0.4) is 0 Å². The number of hydrogen-bond acceptors (Lipinski definition) is 6. The summed E-state index contributed by atoms with van der Waals surface area (Å²) in [5, 5.41) is 13.7. The number of nitrogens with zero attached hydrogens (tertiary/aromatic N) is 1. The minimum Gasteiger partial charge on any atom is -0.496 e. The maximum atomic E-state index is 11.9. The van der Waals surface area contributed by atoms with Gasteiger partial charge >= 0.3 is 5.69 Å². The topological polar surface area (TPSA) is 104 Å². The highest BCUT2D eigenvalue weighted by Crippen LogP contribution is 2.30. The molecule has 122 valence electrons. The molecule has 0 bridgehead atoms. The van der Waals surface area contributed by atoms with Gasteiger partial charge in [0.2, 0.25) is 0 Å². The number of carbonyl (C=O) groups excluding carboxylic acids is 1. The van der Waals surface area contributed by atoms with E-state index < -0.39 is 10.8 Å². The Labute approximate surface area is 132 Å². The molecule has 1 atom stereocenters.